The monoisotopic (exact) mass is 510 g/mol. The number of aromatic nitrogens is 4. The quantitative estimate of drug-likeness (QED) is 0.222. The second-order valence-electron chi connectivity index (χ2n) is 9.96. The van der Waals surface area contributed by atoms with Crippen molar-refractivity contribution in [2.24, 2.45) is 0 Å². The molecule has 40 heavy (non-hydrogen) atoms. The normalized spacial score (nSPS) is 11.5. The Morgan fingerprint density at radius 2 is 1.02 bits per heavy atom. The zero-order chi connectivity index (χ0) is 26.5. The van der Waals surface area contributed by atoms with Gasteiger partial charge in [0.15, 0.2) is 17.5 Å². The van der Waals surface area contributed by atoms with Crippen LogP contribution in [0.15, 0.2) is 134 Å². The molecule has 4 nitrogen and oxygen atoms in total. The minimum absolute atomic E-state index is 0.639. The molecule has 0 radical (unpaired) electrons. The smallest absolute Gasteiger partial charge is 0.164 e. The van der Waals surface area contributed by atoms with Gasteiger partial charge in [0.05, 0.1) is 0 Å². The lowest BCUT2D eigenvalue weighted by Gasteiger charge is -2.14. The Labute approximate surface area is 231 Å². The largest absolute Gasteiger partial charge is 0.264 e. The van der Waals surface area contributed by atoms with Crippen LogP contribution in [0.4, 0.5) is 0 Å². The average Bonchev–Trinajstić information content (AvgIpc) is 3.04. The molecule has 186 valence electrons. The van der Waals surface area contributed by atoms with E-state index in [1.807, 2.05) is 48.7 Å². The number of hydrogen-bond acceptors (Lipinski definition) is 4. The molecule has 0 saturated carbocycles. The lowest BCUT2D eigenvalue weighted by Crippen LogP contribution is -2.01. The number of hydrogen-bond donors (Lipinski definition) is 0. The molecule has 0 fully saturated rings. The van der Waals surface area contributed by atoms with Crippen LogP contribution in [0.1, 0.15) is 0 Å². The number of nitrogens with zero attached hydrogens (tertiary/aromatic N) is 4. The molecule has 0 aliphatic rings. The minimum atomic E-state index is 0.639. The van der Waals surface area contributed by atoms with Gasteiger partial charge < -0.3 is 0 Å². The molecule has 6 aromatic carbocycles. The fourth-order valence-electron chi connectivity index (χ4n) is 5.64. The van der Waals surface area contributed by atoms with E-state index in [9.17, 15) is 0 Å². The SMILES string of the molecule is c1ccc(-c2nc(-c3cccc(-c4cccnc4)c3)nc(-c3ccc4ccc5cccc6ccc3c4c56)n2)cc1. The maximum absolute atomic E-state index is 5.08. The first-order chi connectivity index (χ1) is 19.8. The number of rotatable bonds is 4. The Morgan fingerprint density at radius 3 is 1.82 bits per heavy atom. The lowest BCUT2D eigenvalue weighted by atomic mass is 9.92. The van der Waals surface area contributed by atoms with E-state index < -0.39 is 0 Å². The van der Waals surface area contributed by atoms with Crippen LogP contribution < -0.4 is 0 Å². The fourth-order valence-corrected chi connectivity index (χ4v) is 5.64. The topological polar surface area (TPSA) is 51.6 Å². The van der Waals surface area contributed by atoms with Gasteiger partial charge in [-0.3, -0.25) is 4.98 Å². The third-order valence-electron chi connectivity index (χ3n) is 7.55. The van der Waals surface area contributed by atoms with Crippen LogP contribution in [-0.4, -0.2) is 19.9 Å². The first-order valence-electron chi connectivity index (χ1n) is 13.3. The van der Waals surface area contributed by atoms with Crippen molar-refractivity contribution in [2.45, 2.75) is 0 Å². The van der Waals surface area contributed by atoms with E-state index in [-0.39, 0.29) is 0 Å². The maximum atomic E-state index is 5.08. The number of benzene rings is 6. The van der Waals surface area contributed by atoms with Gasteiger partial charge >= 0.3 is 0 Å². The summed E-state index contributed by atoms with van der Waals surface area (Å²) in [5.74, 6) is 1.95. The average molecular weight is 511 g/mol. The van der Waals surface area contributed by atoms with Crippen molar-refractivity contribution in [3.8, 4) is 45.3 Å². The summed E-state index contributed by atoms with van der Waals surface area (Å²) in [6.45, 7) is 0. The summed E-state index contributed by atoms with van der Waals surface area (Å²) in [5, 5.41) is 7.35. The Kier molecular flexibility index (Phi) is 5.10. The van der Waals surface area contributed by atoms with Crippen molar-refractivity contribution in [1.82, 2.24) is 19.9 Å². The van der Waals surface area contributed by atoms with Crippen molar-refractivity contribution in [3.05, 3.63) is 134 Å². The standard InChI is InChI=1S/C36H22N4/c1-2-7-26(8-3-1)34-38-35(28-12-5-11-27(21-28)29-13-6-20-37-22-29)40-36(39-34)31-19-17-25-15-14-23-9-4-10-24-16-18-30(31)33(25)32(23)24/h1-22H. The van der Waals surface area contributed by atoms with E-state index in [2.05, 4.69) is 83.8 Å². The summed E-state index contributed by atoms with van der Waals surface area (Å²) in [7, 11) is 0. The summed E-state index contributed by atoms with van der Waals surface area (Å²) in [6.07, 6.45) is 3.66. The van der Waals surface area contributed by atoms with E-state index >= 15 is 0 Å². The molecule has 0 bridgehead atoms. The van der Waals surface area contributed by atoms with Crippen molar-refractivity contribution in [1.29, 1.82) is 0 Å². The van der Waals surface area contributed by atoms with Gasteiger partial charge in [0.2, 0.25) is 0 Å². The Balaban J connectivity index is 1.38. The molecule has 0 spiro atoms. The summed E-state index contributed by atoms with van der Waals surface area (Å²) in [5.41, 5.74) is 4.99. The first kappa shape index (κ1) is 22.5. The van der Waals surface area contributed by atoms with Gasteiger partial charge in [-0.25, -0.2) is 15.0 Å². The zero-order valence-electron chi connectivity index (χ0n) is 21.5. The first-order valence-corrected chi connectivity index (χ1v) is 13.3. The van der Waals surface area contributed by atoms with E-state index in [4.69, 9.17) is 15.0 Å². The van der Waals surface area contributed by atoms with Gasteiger partial charge in [0, 0.05) is 34.6 Å². The van der Waals surface area contributed by atoms with Crippen LogP contribution in [-0.2, 0) is 0 Å². The van der Waals surface area contributed by atoms with Gasteiger partial charge in [-0.05, 0) is 56.1 Å². The van der Waals surface area contributed by atoms with Crippen LogP contribution in [0.3, 0.4) is 0 Å². The molecule has 0 atom stereocenters. The molecule has 2 heterocycles. The predicted octanol–water partition coefficient (Wildman–Crippen LogP) is 8.83. The highest BCUT2D eigenvalue weighted by Gasteiger charge is 2.17. The van der Waals surface area contributed by atoms with Crippen LogP contribution in [0, 0.1) is 0 Å². The molecule has 0 unspecified atom stereocenters. The van der Waals surface area contributed by atoms with E-state index in [0.29, 0.717) is 17.5 Å². The van der Waals surface area contributed by atoms with Gasteiger partial charge in [-0.1, -0.05) is 103 Å². The summed E-state index contributed by atoms with van der Waals surface area (Å²) in [4.78, 5) is 19.4. The van der Waals surface area contributed by atoms with Crippen LogP contribution in [0.25, 0.3) is 77.6 Å². The van der Waals surface area contributed by atoms with Crippen LogP contribution >= 0.6 is 0 Å². The molecular formula is C36H22N4. The third kappa shape index (κ3) is 3.69. The van der Waals surface area contributed by atoms with E-state index in [1.165, 1.54) is 26.9 Å². The molecular weight excluding hydrogens is 488 g/mol. The van der Waals surface area contributed by atoms with Crippen molar-refractivity contribution < 1.29 is 0 Å². The molecule has 0 aliphatic heterocycles. The number of pyridine rings is 1. The molecule has 8 rings (SSSR count). The highest BCUT2D eigenvalue weighted by atomic mass is 15.0. The van der Waals surface area contributed by atoms with E-state index in [0.717, 1.165) is 33.2 Å². The second kappa shape index (κ2) is 9.07. The highest BCUT2D eigenvalue weighted by Crippen LogP contribution is 2.39. The molecule has 4 heteroatoms. The maximum Gasteiger partial charge on any atom is 0.164 e. The summed E-state index contributed by atoms with van der Waals surface area (Å²) < 4.78 is 0. The molecule has 0 amide bonds. The molecule has 0 aliphatic carbocycles. The zero-order valence-corrected chi connectivity index (χ0v) is 21.5. The molecule has 0 N–H and O–H groups in total. The highest BCUT2D eigenvalue weighted by molar-refractivity contribution is 6.25. The lowest BCUT2D eigenvalue weighted by molar-refractivity contribution is 1.08. The Bertz CT molecular complexity index is 2140. The Hall–Kier alpha value is -5.48. The van der Waals surface area contributed by atoms with E-state index in [1.54, 1.807) is 6.20 Å². The summed E-state index contributed by atoms with van der Waals surface area (Å²) >= 11 is 0. The van der Waals surface area contributed by atoms with Crippen molar-refractivity contribution in [2.75, 3.05) is 0 Å². The van der Waals surface area contributed by atoms with Crippen molar-refractivity contribution in [3.63, 3.8) is 0 Å². The second-order valence-corrected chi connectivity index (χ2v) is 9.96. The fraction of sp³-hybridized carbons (Fsp3) is 0. The van der Waals surface area contributed by atoms with Crippen molar-refractivity contribution >= 4 is 32.3 Å². The van der Waals surface area contributed by atoms with Gasteiger partial charge in [-0.15, -0.1) is 0 Å². The molecule has 0 saturated heterocycles. The molecule has 8 aromatic rings. The predicted molar refractivity (Wildman–Crippen MR) is 163 cm³/mol. The van der Waals surface area contributed by atoms with Crippen LogP contribution in [0.5, 0.6) is 0 Å². The molecule has 2 aromatic heterocycles. The minimum Gasteiger partial charge on any atom is -0.264 e. The Morgan fingerprint density at radius 1 is 0.400 bits per heavy atom. The summed E-state index contributed by atoms with van der Waals surface area (Å²) in [6, 6.07) is 42.0. The van der Waals surface area contributed by atoms with Crippen LogP contribution in [0.2, 0.25) is 0 Å². The van der Waals surface area contributed by atoms with Gasteiger partial charge in [0.25, 0.3) is 0 Å². The third-order valence-corrected chi connectivity index (χ3v) is 7.55. The van der Waals surface area contributed by atoms with Gasteiger partial charge in [-0.2, -0.15) is 0 Å². The van der Waals surface area contributed by atoms with Gasteiger partial charge in [0.1, 0.15) is 0 Å².